The molecule has 0 saturated carbocycles. The number of carboxylic acids is 2. The van der Waals surface area contributed by atoms with Crippen LogP contribution in [0.15, 0.2) is 91.4 Å². The Morgan fingerprint density at radius 3 is 1.48 bits per heavy atom. The first-order chi connectivity index (χ1) is 32.0. The van der Waals surface area contributed by atoms with Crippen molar-refractivity contribution in [3.05, 3.63) is 114 Å². The van der Waals surface area contributed by atoms with Crippen molar-refractivity contribution in [3.8, 4) is 11.5 Å². The molecule has 23 heteroatoms. The summed E-state index contributed by atoms with van der Waals surface area (Å²) in [5, 5.41) is 63.4. The van der Waals surface area contributed by atoms with Crippen LogP contribution in [-0.2, 0) is 64.0 Å². The molecule has 67 heavy (non-hydrogen) atoms. The van der Waals surface area contributed by atoms with Gasteiger partial charge in [0.1, 0.15) is 47.8 Å². The second kappa shape index (κ2) is 25.8. The minimum Gasteiger partial charge on any atom is -0.508 e. The van der Waals surface area contributed by atoms with E-state index in [0.717, 1.165) is 0 Å². The van der Waals surface area contributed by atoms with E-state index in [1.807, 2.05) is 0 Å². The largest absolute Gasteiger partial charge is 0.508 e. The lowest BCUT2D eigenvalue weighted by molar-refractivity contribution is -0.141. The van der Waals surface area contributed by atoms with Crippen LogP contribution in [0.3, 0.4) is 0 Å². The van der Waals surface area contributed by atoms with Gasteiger partial charge in [-0.05, 0) is 53.8 Å². The number of phenols is 2. The predicted octanol–water partition coefficient (Wildman–Crippen LogP) is -1.80. The van der Waals surface area contributed by atoms with Gasteiger partial charge in [-0.2, -0.15) is 12.6 Å². The molecule has 22 nitrogen and oxygen atoms in total. The lowest BCUT2D eigenvalue weighted by Crippen LogP contribution is -2.61. The number of aliphatic hydroxyl groups excluding tert-OH is 1. The van der Waals surface area contributed by atoms with Gasteiger partial charge >= 0.3 is 11.9 Å². The number of H-pyrrole nitrogens is 1. The van der Waals surface area contributed by atoms with Crippen LogP contribution in [-0.4, -0.2) is 138 Å². The number of nitrogens with two attached hydrogens (primary N) is 1. The number of carboxylic acid groups (broad SMARTS) is 2. The van der Waals surface area contributed by atoms with E-state index < -0.39 is 109 Å². The maximum atomic E-state index is 14.1. The number of nitrogens with zero attached hydrogens (tertiary/aromatic N) is 1. The molecule has 0 aliphatic carbocycles. The lowest BCUT2D eigenvalue weighted by atomic mass is 10.0. The van der Waals surface area contributed by atoms with Crippen molar-refractivity contribution in [1.82, 2.24) is 41.9 Å². The number of imidazole rings is 1. The van der Waals surface area contributed by atoms with Gasteiger partial charge in [-0.3, -0.25) is 33.6 Å². The highest BCUT2D eigenvalue weighted by atomic mass is 32.1. The van der Waals surface area contributed by atoms with Crippen LogP contribution in [0.25, 0.3) is 0 Å². The topological polar surface area (TPSA) is 365 Å². The van der Waals surface area contributed by atoms with Crippen molar-refractivity contribution in [1.29, 1.82) is 0 Å². The molecule has 0 saturated heterocycles. The minimum atomic E-state index is -1.72. The zero-order valence-corrected chi connectivity index (χ0v) is 36.7. The molecule has 0 aliphatic heterocycles. The molecule has 7 atom stereocenters. The number of aliphatic carboxylic acids is 2. The van der Waals surface area contributed by atoms with E-state index >= 15 is 0 Å². The molecule has 0 unspecified atom stereocenters. The summed E-state index contributed by atoms with van der Waals surface area (Å²) in [6.45, 7) is -0.994. The van der Waals surface area contributed by atoms with Crippen LogP contribution in [0.4, 0.5) is 0 Å². The van der Waals surface area contributed by atoms with Crippen molar-refractivity contribution in [2.75, 3.05) is 12.4 Å². The molecular weight excluding hydrogens is 895 g/mol. The molecule has 0 spiro atoms. The molecule has 4 aromatic rings. The average Bonchev–Trinajstić information content (AvgIpc) is 3.82. The number of aromatic amines is 1. The number of carbonyl (C=O) groups is 8. The minimum absolute atomic E-state index is 0.00922. The van der Waals surface area contributed by atoms with E-state index in [1.165, 1.54) is 48.9 Å². The number of aliphatic hydroxyl groups is 1. The van der Waals surface area contributed by atoms with Gasteiger partial charge in [-0.1, -0.05) is 54.6 Å². The fraction of sp³-hybridized carbons (Fsp3) is 0.341. The number of nitrogens with one attached hydrogen (secondary N) is 7. The van der Waals surface area contributed by atoms with Gasteiger partial charge in [-0.25, -0.2) is 9.78 Å². The molecule has 1 aromatic heterocycles. The van der Waals surface area contributed by atoms with Gasteiger partial charge in [0.15, 0.2) is 0 Å². The molecule has 3 aromatic carbocycles. The Balaban J connectivity index is 1.55. The molecule has 1 heterocycles. The number of carbonyl (C=O) groups excluding carboxylic acids is 6. The summed E-state index contributed by atoms with van der Waals surface area (Å²) in [7, 11) is 0. The highest BCUT2D eigenvalue weighted by molar-refractivity contribution is 7.80. The van der Waals surface area contributed by atoms with Gasteiger partial charge < -0.3 is 68.2 Å². The number of thiol groups is 1. The van der Waals surface area contributed by atoms with Crippen LogP contribution in [0.1, 0.15) is 35.2 Å². The first kappa shape index (κ1) is 52.1. The molecule has 14 N–H and O–H groups in total. The Morgan fingerprint density at radius 1 is 0.567 bits per heavy atom. The summed E-state index contributed by atoms with van der Waals surface area (Å²) in [6, 6.07) is 9.38. The third kappa shape index (κ3) is 17.1. The maximum Gasteiger partial charge on any atom is 0.327 e. The molecule has 358 valence electrons. The predicted molar refractivity (Wildman–Crippen MR) is 241 cm³/mol. The van der Waals surface area contributed by atoms with Crippen molar-refractivity contribution >= 4 is 60.0 Å². The Hall–Kier alpha value is -7.50. The molecule has 4 rings (SSSR count). The SMILES string of the molecule is N[C@@H](Cc1ccc(O)cc1)C(=O)N[C@@H](Cc1cnc[nH]1)C(=O)N[C@@H](CO)C(=O)N[C@@H](Cc1ccccc1)C(=O)N[C@@H](CCC(=O)O)C(=O)N[C@@H](Cc1ccc(O)cc1)C(=O)N[C@@H](CS)C(=O)O. The zero-order chi connectivity index (χ0) is 49.0. The number of hydrogen-bond acceptors (Lipinski definition) is 14. The summed E-state index contributed by atoms with van der Waals surface area (Å²) in [5.41, 5.74) is 8.11. The number of amides is 6. The van der Waals surface area contributed by atoms with Crippen LogP contribution >= 0.6 is 12.6 Å². The molecule has 0 bridgehead atoms. The first-order valence-corrected chi connectivity index (χ1v) is 21.4. The highest BCUT2D eigenvalue weighted by Gasteiger charge is 2.34. The van der Waals surface area contributed by atoms with E-state index in [-0.39, 0.29) is 42.9 Å². The molecular formula is C44H53N9O13S. The fourth-order valence-corrected chi connectivity index (χ4v) is 6.74. The second-order valence-electron chi connectivity index (χ2n) is 15.3. The number of benzene rings is 3. The number of rotatable bonds is 26. The maximum absolute atomic E-state index is 14.1. The molecule has 0 radical (unpaired) electrons. The van der Waals surface area contributed by atoms with Crippen LogP contribution in [0.2, 0.25) is 0 Å². The van der Waals surface area contributed by atoms with Gasteiger partial charge in [0, 0.05) is 43.3 Å². The van der Waals surface area contributed by atoms with Gasteiger partial charge in [0.05, 0.1) is 19.0 Å². The monoisotopic (exact) mass is 947 g/mol. The normalized spacial score (nSPS) is 14.1. The zero-order valence-electron chi connectivity index (χ0n) is 35.8. The summed E-state index contributed by atoms with van der Waals surface area (Å²) < 4.78 is 0. The van der Waals surface area contributed by atoms with Crippen molar-refractivity contribution < 1.29 is 63.9 Å². The van der Waals surface area contributed by atoms with Crippen LogP contribution < -0.4 is 37.6 Å². The molecule has 0 fully saturated rings. The summed E-state index contributed by atoms with van der Waals surface area (Å²) in [6.07, 6.45) is 0.994. The Labute approximate surface area is 388 Å². The van der Waals surface area contributed by atoms with Gasteiger partial charge in [0.25, 0.3) is 0 Å². The number of aromatic nitrogens is 2. The fourth-order valence-electron chi connectivity index (χ4n) is 6.50. The van der Waals surface area contributed by atoms with E-state index in [4.69, 9.17) is 5.73 Å². The number of phenolic OH excluding ortho intramolecular Hbond substituents is 2. The quantitative estimate of drug-likeness (QED) is 0.0309. The van der Waals surface area contributed by atoms with Crippen molar-refractivity contribution in [2.45, 2.75) is 80.8 Å². The van der Waals surface area contributed by atoms with Crippen molar-refractivity contribution in [3.63, 3.8) is 0 Å². The first-order valence-electron chi connectivity index (χ1n) is 20.8. The Bertz CT molecular complexity index is 2300. The standard InChI is InChI=1S/C44H53N9O13S/c45-30(16-25-6-10-28(55)11-7-25)38(59)49-34(19-27-20-46-23-47-27)42(63)52-35(21-54)43(64)51-32(17-24-4-2-1-3-5-24)40(61)48-31(14-15-37(57)58)39(60)50-33(18-26-8-12-29(56)13-9-26)41(62)53-36(22-67)44(65)66/h1-13,20,23,30-36,54-56,67H,14-19,21-22,45H2,(H,46,47)(H,48,61)(H,49,59)(H,50,60)(H,51,64)(H,52,63)(H,53,62)(H,57,58)(H,65,66)/t30-,31-,32-,33-,34-,35-,36-/m0/s1. The van der Waals surface area contributed by atoms with Crippen molar-refractivity contribution in [2.24, 2.45) is 5.73 Å². The number of hydrogen-bond donors (Lipinski definition) is 14. The van der Waals surface area contributed by atoms with Crippen LogP contribution in [0, 0.1) is 0 Å². The third-order valence-electron chi connectivity index (χ3n) is 10.2. The third-order valence-corrected chi connectivity index (χ3v) is 10.5. The molecule has 6 amide bonds. The van der Waals surface area contributed by atoms with E-state index in [2.05, 4.69) is 54.5 Å². The van der Waals surface area contributed by atoms with E-state index in [0.29, 0.717) is 22.4 Å². The average molecular weight is 948 g/mol. The second-order valence-corrected chi connectivity index (χ2v) is 15.7. The number of aromatic hydroxyl groups is 2. The van der Waals surface area contributed by atoms with Gasteiger partial charge in [-0.15, -0.1) is 0 Å². The highest BCUT2D eigenvalue weighted by Crippen LogP contribution is 2.14. The van der Waals surface area contributed by atoms with Gasteiger partial charge in [0.2, 0.25) is 35.4 Å². The van der Waals surface area contributed by atoms with Crippen LogP contribution in [0.5, 0.6) is 11.5 Å². The molecule has 0 aliphatic rings. The summed E-state index contributed by atoms with van der Waals surface area (Å²) in [5.74, 6) is -8.93. The summed E-state index contributed by atoms with van der Waals surface area (Å²) >= 11 is 3.96. The smallest absolute Gasteiger partial charge is 0.327 e. The Morgan fingerprint density at radius 2 is 1.00 bits per heavy atom. The Kier molecular flexibility index (Phi) is 20.1. The lowest BCUT2D eigenvalue weighted by Gasteiger charge is -2.27. The summed E-state index contributed by atoms with van der Waals surface area (Å²) in [4.78, 5) is 113. The van der Waals surface area contributed by atoms with E-state index in [1.54, 1.807) is 42.5 Å². The van der Waals surface area contributed by atoms with E-state index in [9.17, 15) is 63.9 Å².